The lowest BCUT2D eigenvalue weighted by molar-refractivity contribution is -0.107. The largest absolute Gasteiger partial charge is 0.381 e. The molecule has 0 atom stereocenters. The van der Waals surface area contributed by atoms with E-state index < -0.39 is 0 Å². The van der Waals surface area contributed by atoms with Crippen LogP contribution in [-0.4, -0.2) is 39.4 Å². The van der Waals surface area contributed by atoms with E-state index in [1.54, 1.807) is 12.4 Å². The summed E-state index contributed by atoms with van der Waals surface area (Å²) in [6.07, 6.45) is 17.0. The van der Waals surface area contributed by atoms with Gasteiger partial charge in [0.15, 0.2) is 11.3 Å². The van der Waals surface area contributed by atoms with Crippen LogP contribution in [-0.2, 0) is 22.4 Å². The second-order valence-corrected chi connectivity index (χ2v) is 8.97. The van der Waals surface area contributed by atoms with E-state index in [4.69, 9.17) is 4.74 Å². The van der Waals surface area contributed by atoms with Crippen molar-refractivity contribution >= 4 is 28.4 Å². The van der Waals surface area contributed by atoms with Crippen molar-refractivity contribution in [2.75, 3.05) is 13.2 Å². The zero-order valence-electron chi connectivity index (χ0n) is 21.7. The van der Waals surface area contributed by atoms with Gasteiger partial charge in [0.1, 0.15) is 6.29 Å². The molecule has 1 fully saturated rings. The molecule has 37 heavy (non-hydrogen) atoms. The number of hydrogen-bond donors (Lipinski definition) is 0. The van der Waals surface area contributed by atoms with E-state index in [1.165, 1.54) is 19.3 Å². The number of nitrogens with zero attached hydrogens (tertiary/aromatic N) is 4. The molecule has 0 N–H and O–H groups in total. The fourth-order valence-electron chi connectivity index (χ4n) is 3.90. The van der Waals surface area contributed by atoms with E-state index in [2.05, 4.69) is 38.6 Å². The van der Waals surface area contributed by atoms with E-state index in [9.17, 15) is 4.79 Å². The molecule has 0 radical (unpaired) electrons. The van der Waals surface area contributed by atoms with Crippen molar-refractivity contribution in [1.29, 1.82) is 0 Å². The third-order valence-corrected chi connectivity index (χ3v) is 5.97. The molecule has 0 aliphatic carbocycles. The first kappa shape index (κ1) is 28.1. The SMILES string of the molecule is C1CCOC1.C=CCCCCc1ccc2cccnc2n1.O=CCCCCc1ccc2cccnc2n1. The Bertz CT molecular complexity index is 1130. The number of carbonyl (C=O) groups excluding carboxylic acids is 1. The lowest BCUT2D eigenvalue weighted by Gasteiger charge is -2.01. The minimum atomic E-state index is 0.645. The Labute approximate surface area is 220 Å². The van der Waals surface area contributed by atoms with Crippen molar-refractivity contribution in [3.63, 3.8) is 0 Å². The van der Waals surface area contributed by atoms with E-state index in [1.807, 2.05) is 42.5 Å². The van der Waals surface area contributed by atoms with E-state index >= 15 is 0 Å². The van der Waals surface area contributed by atoms with Gasteiger partial charge >= 0.3 is 0 Å². The van der Waals surface area contributed by atoms with Gasteiger partial charge in [-0.3, -0.25) is 0 Å². The Morgan fingerprint density at radius 1 is 0.730 bits per heavy atom. The van der Waals surface area contributed by atoms with Crippen molar-refractivity contribution in [3.8, 4) is 0 Å². The van der Waals surface area contributed by atoms with Gasteiger partial charge < -0.3 is 9.53 Å². The molecule has 4 aromatic rings. The molecule has 0 bridgehead atoms. The van der Waals surface area contributed by atoms with Crippen LogP contribution in [0.4, 0.5) is 0 Å². The van der Waals surface area contributed by atoms with Gasteiger partial charge in [0.25, 0.3) is 0 Å². The first-order valence-electron chi connectivity index (χ1n) is 13.3. The lowest BCUT2D eigenvalue weighted by atomic mass is 10.1. The summed E-state index contributed by atoms with van der Waals surface area (Å²) < 4.78 is 4.94. The third-order valence-electron chi connectivity index (χ3n) is 5.97. The number of fused-ring (bicyclic) bond motifs is 2. The highest BCUT2D eigenvalue weighted by Gasteiger charge is 2.00. The number of ether oxygens (including phenoxy) is 1. The zero-order valence-corrected chi connectivity index (χ0v) is 21.7. The Balaban J connectivity index is 0.000000173. The summed E-state index contributed by atoms with van der Waals surface area (Å²) >= 11 is 0. The first-order valence-corrected chi connectivity index (χ1v) is 13.3. The molecular formula is C31H38N4O2. The highest BCUT2D eigenvalue weighted by atomic mass is 16.5. The van der Waals surface area contributed by atoms with Gasteiger partial charge in [0, 0.05) is 54.2 Å². The van der Waals surface area contributed by atoms with Crippen LogP contribution in [0.2, 0.25) is 0 Å². The summed E-state index contributed by atoms with van der Waals surface area (Å²) in [5, 5.41) is 2.18. The summed E-state index contributed by atoms with van der Waals surface area (Å²) in [7, 11) is 0. The van der Waals surface area contributed by atoms with Gasteiger partial charge in [-0.05, 0) is 106 Å². The van der Waals surface area contributed by atoms with E-state index in [0.717, 1.165) is 91.5 Å². The second-order valence-electron chi connectivity index (χ2n) is 8.97. The fourth-order valence-corrected chi connectivity index (χ4v) is 3.90. The predicted molar refractivity (Wildman–Crippen MR) is 150 cm³/mol. The molecule has 5 rings (SSSR count). The van der Waals surface area contributed by atoms with Crippen molar-refractivity contribution in [2.24, 2.45) is 0 Å². The van der Waals surface area contributed by atoms with Crippen LogP contribution < -0.4 is 0 Å². The topological polar surface area (TPSA) is 77.9 Å². The Kier molecular flexibility index (Phi) is 12.9. The van der Waals surface area contributed by atoms with Gasteiger partial charge in [-0.25, -0.2) is 19.9 Å². The molecule has 0 unspecified atom stereocenters. The Morgan fingerprint density at radius 3 is 1.73 bits per heavy atom. The molecule has 0 saturated carbocycles. The minimum Gasteiger partial charge on any atom is -0.381 e. The molecule has 1 saturated heterocycles. The van der Waals surface area contributed by atoms with Crippen molar-refractivity contribution < 1.29 is 9.53 Å². The number of hydrogen-bond acceptors (Lipinski definition) is 6. The number of carbonyl (C=O) groups is 1. The number of rotatable bonds is 10. The van der Waals surface area contributed by atoms with Gasteiger partial charge in [-0.1, -0.05) is 6.08 Å². The normalized spacial score (nSPS) is 12.3. The van der Waals surface area contributed by atoms with Crippen molar-refractivity contribution in [1.82, 2.24) is 19.9 Å². The summed E-state index contributed by atoms with van der Waals surface area (Å²) in [5.74, 6) is 0. The molecule has 6 nitrogen and oxygen atoms in total. The lowest BCUT2D eigenvalue weighted by Crippen LogP contribution is -1.92. The van der Waals surface area contributed by atoms with Gasteiger partial charge in [-0.2, -0.15) is 0 Å². The van der Waals surface area contributed by atoms with Crippen LogP contribution >= 0.6 is 0 Å². The molecule has 4 aromatic heterocycles. The monoisotopic (exact) mass is 498 g/mol. The maximum atomic E-state index is 10.2. The number of unbranched alkanes of at least 4 members (excludes halogenated alkanes) is 4. The number of pyridine rings is 4. The van der Waals surface area contributed by atoms with Crippen LogP contribution in [0.5, 0.6) is 0 Å². The number of aryl methyl sites for hydroxylation is 2. The number of aldehydes is 1. The maximum Gasteiger partial charge on any atom is 0.159 e. The van der Waals surface area contributed by atoms with E-state index in [0.29, 0.717) is 6.42 Å². The molecule has 194 valence electrons. The second kappa shape index (κ2) is 17.0. The molecule has 1 aliphatic heterocycles. The van der Waals surface area contributed by atoms with Crippen molar-refractivity contribution in [2.45, 2.75) is 64.2 Å². The summed E-state index contributed by atoms with van der Waals surface area (Å²) in [6, 6.07) is 16.2. The molecule has 5 heterocycles. The van der Waals surface area contributed by atoms with Crippen LogP contribution in [0.1, 0.15) is 62.8 Å². The molecular weight excluding hydrogens is 460 g/mol. The van der Waals surface area contributed by atoms with Crippen LogP contribution in [0.15, 0.2) is 73.6 Å². The maximum absolute atomic E-state index is 10.2. The molecule has 0 aromatic carbocycles. The highest BCUT2D eigenvalue weighted by Crippen LogP contribution is 2.12. The minimum absolute atomic E-state index is 0.645. The molecule has 1 aliphatic rings. The summed E-state index contributed by atoms with van der Waals surface area (Å²) in [4.78, 5) is 27.7. The first-order chi connectivity index (χ1) is 18.3. The third kappa shape index (κ3) is 10.6. The standard InChI is InChI=1S/C14H16N2.C13H14N2O.C4H8O/c1-2-3-4-5-8-13-10-9-12-7-6-11-15-14(12)16-13;16-10-3-1-2-6-12-8-7-11-5-4-9-14-13(11)15-12;1-2-4-5-3-1/h2,6-7,9-11H,1,3-5,8H2;4-5,7-10H,1-3,6H2;1-4H2. The summed E-state index contributed by atoms with van der Waals surface area (Å²) in [5.41, 5.74) is 3.84. The van der Waals surface area contributed by atoms with Gasteiger partial charge in [-0.15, -0.1) is 6.58 Å². The van der Waals surface area contributed by atoms with Crippen LogP contribution in [0.3, 0.4) is 0 Å². The molecule has 0 spiro atoms. The average Bonchev–Trinajstić information content (AvgIpc) is 3.54. The van der Waals surface area contributed by atoms with Crippen molar-refractivity contribution in [3.05, 3.63) is 85.0 Å². The Morgan fingerprint density at radius 2 is 1.27 bits per heavy atom. The van der Waals surface area contributed by atoms with Gasteiger partial charge in [0.2, 0.25) is 0 Å². The predicted octanol–water partition coefficient (Wildman–Crippen LogP) is 6.87. The van der Waals surface area contributed by atoms with Crippen LogP contribution in [0.25, 0.3) is 22.1 Å². The molecule has 6 heteroatoms. The van der Waals surface area contributed by atoms with Gasteiger partial charge in [0.05, 0.1) is 0 Å². The summed E-state index contributed by atoms with van der Waals surface area (Å²) in [6.45, 7) is 5.72. The van der Waals surface area contributed by atoms with Crippen LogP contribution in [0, 0.1) is 0 Å². The fraction of sp³-hybridized carbons (Fsp3) is 0.387. The van der Waals surface area contributed by atoms with E-state index in [-0.39, 0.29) is 0 Å². The zero-order chi connectivity index (χ0) is 26.0. The smallest absolute Gasteiger partial charge is 0.159 e. The number of allylic oxidation sites excluding steroid dienone is 1. The highest BCUT2D eigenvalue weighted by molar-refractivity contribution is 5.74. The Hall–Kier alpha value is -3.51. The quantitative estimate of drug-likeness (QED) is 0.135. The number of aromatic nitrogens is 4. The average molecular weight is 499 g/mol. The molecule has 0 amide bonds.